The first-order valence-electron chi connectivity index (χ1n) is 6.81. The highest BCUT2D eigenvalue weighted by Gasteiger charge is 2.10. The topological polar surface area (TPSA) is 81.7 Å². The third-order valence-electron chi connectivity index (χ3n) is 3.20. The lowest BCUT2D eigenvalue weighted by atomic mass is 10.3. The quantitative estimate of drug-likeness (QED) is 0.622. The molecule has 0 fully saturated rings. The zero-order valence-corrected chi connectivity index (χ0v) is 11.5. The molecule has 0 unspecified atom stereocenters. The van der Waals surface area contributed by atoms with Gasteiger partial charge in [-0.05, 0) is 24.3 Å². The van der Waals surface area contributed by atoms with Crippen molar-refractivity contribution < 1.29 is 4.42 Å². The van der Waals surface area contributed by atoms with Crippen LogP contribution in [-0.2, 0) is 6.54 Å². The van der Waals surface area contributed by atoms with Gasteiger partial charge in [0.05, 0.1) is 5.52 Å². The highest BCUT2D eigenvalue weighted by molar-refractivity contribution is 5.73. The Bertz CT molecular complexity index is 898. The van der Waals surface area contributed by atoms with Gasteiger partial charge in [0.15, 0.2) is 0 Å². The number of anilines is 2. The van der Waals surface area contributed by atoms with Gasteiger partial charge in [0.25, 0.3) is 0 Å². The maximum absolute atomic E-state index is 5.59. The highest BCUT2D eigenvalue weighted by Crippen LogP contribution is 2.16. The first-order valence-corrected chi connectivity index (χ1v) is 6.81. The summed E-state index contributed by atoms with van der Waals surface area (Å²) >= 11 is 0. The average molecular weight is 292 g/mol. The van der Waals surface area contributed by atoms with Gasteiger partial charge in [0.1, 0.15) is 12.1 Å². The van der Waals surface area contributed by atoms with Crippen molar-refractivity contribution in [3.05, 3.63) is 60.5 Å². The molecule has 0 saturated heterocycles. The van der Waals surface area contributed by atoms with Crippen molar-refractivity contribution in [2.24, 2.45) is 0 Å². The molecular formula is C15H12N6O. The Kier molecular flexibility index (Phi) is 3.01. The molecule has 0 aliphatic rings. The molecule has 4 rings (SSSR count). The van der Waals surface area contributed by atoms with Crippen molar-refractivity contribution in [2.75, 3.05) is 5.32 Å². The molecule has 2 aromatic heterocycles. The van der Waals surface area contributed by atoms with E-state index >= 15 is 0 Å². The van der Waals surface area contributed by atoms with Crippen LogP contribution in [0.3, 0.4) is 0 Å². The predicted molar refractivity (Wildman–Crippen MR) is 80.7 cm³/mol. The molecule has 2 aromatic carbocycles. The lowest BCUT2D eigenvalue weighted by Gasteiger charge is -1.99. The molecule has 2 heterocycles. The zero-order valence-electron chi connectivity index (χ0n) is 11.5. The maximum atomic E-state index is 5.59. The average Bonchev–Trinajstić information content (AvgIpc) is 3.17. The number of fused-ring (bicyclic) bond motifs is 1. The summed E-state index contributed by atoms with van der Waals surface area (Å²) in [5.74, 6) is 0.467. The van der Waals surface area contributed by atoms with Crippen LogP contribution in [0.5, 0.6) is 0 Å². The van der Waals surface area contributed by atoms with Crippen molar-refractivity contribution in [2.45, 2.75) is 6.54 Å². The Morgan fingerprint density at radius 2 is 1.73 bits per heavy atom. The van der Waals surface area contributed by atoms with E-state index in [1.165, 1.54) is 0 Å². The normalized spacial score (nSPS) is 10.9. The predicted octanol–water partition coefficient (Wildman–Crippen LogP) is 2.61. The Balaban J connectivity index is 1.54. The van der Waals surface area contributed by atoms with Crippen LogP contribution in [0, 0.1) is 0 Å². The van der Waals surface area contributed by atoms with Crippen molar-refractivity contribution in [3.63, 3.8) is 0 Å². The monoisotopic (exact) mass is 292 g/mol. The molecule has 22 heavy (non-hydrogen) atoms. The smallest absolute Gasteiger partial charge is 0.320 e. The molecule has 108 valence electrons. The number of hydrogen-bond donors (Lipinski definition) is 1. The van der Waals surface area contributed by atoms with E-state index in [-0.39, 0.29) is 0 Å². The Morgan fingerprint density at radius 3 is 2.64 bits per heavy atom. The van der Waals surface area contributed by atoms with Crippen molar-refractivity contribution in [1.29, 1.82) is 0 Å². The van der Waals surface area contributed by atoms with Crippen LogP contribution >= 0.6 is 0 Å². The van der Waals surface area contributed by atoms with Gasteiger partial charge in [0, 0.05) is 5.69 Å². The van der Waals surface area contributed by atoms with Crippen LogP contribution in [0.15, 0.2) is 59.0 Å². The molecule has 0 amide bonds. The molecule has 0 spiro atoms. The summed E-state index contributed by atoms with van der Waals surface area (Å²) in [6.45, 7) is 0.379. The molecule has 0 atom stereocenters. The van der Waals surface area contributed by atoms with E-state index in [9.17, 15) is 0 Å². The van der Waals surface area contributed by atoms with Crippen LogP contribution in [0.1, 0.15) is 5.89 Å². The summed E-state index contributed by atoms with van der Waals surface area (Å²) in [5, 5.41) is 19.3. The van der Waals surface area contributed by atoms with Crippen LogP contribution in [-0.4, -0.2) is 25.2 Å². The van der Waals surface area contributed by atoms with Crippen molar-refractivity contribution >= 4 is 22.7 Å². The molecule has 0 aliphatic carbocycles. The van der Waals surface area contributed by atoms with Gasteiger partial charge in [-0.15, -0.1) is 10.2 Å². The third-order valence-corrected chi connectivity index (χ3v) is 3.20. The molecular weight excluding hydrogens is 280 g/mol. The maximum Gasteiger partial charge on any atom is 0.320 e. The zero-order chi connectivity index (χ0) is 14.8. The van der Waals surface area contributed by atoms with Gasteiger partial charge in [-0.1, -0.05) is 40.6 Å². The van der Waals surface area contributed by atoms with E-state index in [0.29, 0.717) is 18.5 Å². The molecule has 0 radical (unpaired) electrons. The number of rotatable bonds is 4. The number of aromatic nitrogens is 5. The number of nitrogens with zero attached hydrogens (tertiary/aromatic N) is 5. The minimum Gasteiger partial charge on any atom is -0.406 e. The summed E-state index contributed by atoms with van der Waals surface area (Å²) in [7, 11) is 0. The summed E-state index contributed by atoms with van der Waals surface area (Å²) in [6.07, 6.45) is 0. The Hall–Kier alpha value is -3.22. The lowest BCUT2D eigenvalue weighted by molar-refractivity contribution is 0.476. The lowest BCUT2D eigenvalue weighted by Crippen LogP contribution is -2.02. The number of hydrogen-bond acceptors (Lipinski definition) is 6. The van der Waals surface area contributed by atoms with E-state index in [0.717, 1.165) is 16.7 Å². The van der Waals surface area contributed by atoms with E-state index < -0.39 is 0 Å². The van der Waals surface area contributed by atoms with Gasteiger partial charge in [0.2, 0.25) is 5.89 Å². The molecule has 0 saturated carbocycles. The molecule has 0 bridgehead atoms. The van der Waals surface area contributed by atoms with Gasteiger partial charge < -0.3 is 9.73 Å². The fourth-order valence-corrected chi connectivity index (χ4v) is 2.18. The second-order valence-electron chi connectivity index (χ2n) is 4.73. The molecule has 1 N–H and O–H groups in total. The van der Waals surface area contributed by atoms with E-state index in [1.807, 2.05) is 54.6 Å². The minimum atomic E-state index is 0.352. The van der Waals surface area contributed by atoms with Gasteiger partial charge in [-0.2, -0.15) is 0 Å². The summed E-state index contributed by atoms with van der Waals surface area (Å²) in [5.41, 5.74) is 2.66. The number of nitrogens with one attached hydrogen (secondary N) is 1. The summed E-state index contributed by atoms with van der Waals surface area (Å²) < 4.78 is 7.32. The van der Waals surface area contributed by atoms with Gasteiger partial charge in [-0.3, -0.25) is 0 Å². The van der Waals surface area contributed by atoms with Gasteiger partial charge >= 0.3 is 6.01 Å². The fraction of sp³-hybridized carbons (Fsp3) is 0.0667. The first-order chi connectivity index (χ1) is 10.9. The van der Waals surface area contributed by atoms with Crippen LogP contribution < -0.4 is 5.32 Å². The highest BCUT2D eigenvalue weighted by atomic mass is 16.4. The Morgan fingerprint density at radius 1 is 0.909 bits per heavy atom. The second kappa shape index (κ2) is 5.28. The number of para-hydroxylation sites is 2. The van der Waals surface area contributed by atoms with Crippen LogP contribution in [0.25, 0.3) is 11.0 Å². The second-order valence-corrected chi connectivity index (χ2v) is 4.73. The van der Waals surface area contributed by atoms with Crippen molar-refractivity contribution in [1.82, 2.24) is 25.2 Å². The molecule has 7 nitrogen and oxygen atoms in total. The SMILES string of the molecule is c1ccc(Nc2nnc(Cn3nnc4ccccc43)o2)cc1. The van der Waals surface area contributed by atoms with Crippen LogP contribution in [0.4, 0.5) is 11.7 Å². The summed E-state index contributed by atoms with van der Waals surface area (Å²) in [4.78, 5) is 0. The van der Waals surface area contributed by atoms with Gasteiger partial charge in [-0.25, -0.2) is 4.68 Å². The molecule has 7 heteroatoms. The Labute approximate surface area is 125 Å². The summed E-state index contributed by atoms with van der Waals surface area (Å²) in [6, 6.07) is 17.7. The fourth-order valence-electron chi connectivity index (χ4n) is 2.18. The standard InChI is InChI=1S/C15H12N6O/c1-2-6-11(7-3-1)16-15-19-18-14(22-15)10-21-13-9-5-4-8-12(13)17-20-21/h1-9H,10H2,(H,16,19). The molecule has 4 aromatic rings. The minimum absolute atomic E-state index is 0.352. The largest absolute Gasteiger partial charge is 0.406 e. The van der Waals surface area contributed by atoms with Crippen molar-refractivity contribution in [3.8, 4) is 0 Å². The first kappa shape index (κ1) is 12.5. The van der Waals surface area contributed by atoms with E-state index in [4.69, 9.17) is 4.42 Å². The molecule has 0 aliphatic heterocycles. The van der Waals surface area contributed by atoms with E-state index in [1.54, 1.807) is 4.68 Å². The number of benzene rings is 2. The van der Waals surface area contributed by atoms with Crippen LogP contribution in [0.2, 0.25) is 0 Å². The van der Waals surface area contributed by atoms with E-state index in [2.05, 4.69) is 25.8 Å². The third kappa shape index (κ3) is 2.39.